The number of fused-ring (bicyclic) bond motifs is 1. The third-order valence-corrected chi connectivity index (χ3v) is 10.9. The summed E-state index contributed by atoms with van der Waals surface area (Å²) in [6, 6.07) is 12.8. The molecule has 12 heteroatoms. The van der Waals surface area contributed by atoms with E-state index in [2.05, 4.69) is 42.6 Å². The first-order valence-corrected chi connectivity index (χ1v) is 23.6. The topological polar surface area (TPSA) is 130 Å². The number of nitrogens with zero attached hydrogens (tertiary/aromatic N) is 5. The van der Waals surface area contributed by atoms with Crippen LogP contribution in [0.5, 0.6) is 5.75 Å². The lowest BCUT2D eigenvalue weighted by Gasteiger charge is -2.22. The molecule has 0 atom stereocenters. The molecule has 57 heavy (non-hydrogen) atoms. The molecule has 1 amide bonds. The Bertz CT molecular complexity index is 1880. The maximum absolute atomic E-state index is 14.0. The number of unbranched alkanes of at least 4 members (excludes halogenated alkanes) is 13. The zero-order valence-corrected chi connectivity index (χ0v) is 36.6. The fraction of sp³-hybridized carbons (Fsp3) is 0.600. The molecule has 0 spiro atoms. The number of aliphatic imine (C=N–C) groups is 2. The van der Waals surface area contributed by atoms with Crippen molar-refractivity contribution in [1.82, 2.24) is 9.78 Å². The standard InChI is InChI=1S/C45H69N7O4S/c1-8-12-13-14-15-16-17-18-19-20-21-22-23-24-31-56-37-28-25-35(26-29-37)46-45(53)42-44(52-43(48-42)38(9-2)40(49-52)32-34(5)6)47-39-30-27-36(51(10-3)11-4)33-41(39)50-57(7,54)55/h25-30,33-34,50H,8-24,31-32H2,1-7H3,(H,46,53). The largest absolute Gasteiger partial charge is 0.494 e. The molecule has 0 unspecified atom stereocenters. The molecule has 0 aliphatic carbocycles. The number of sulfonamides is 1. The van der Waals surface area contributed by atoms with Gasteiger partial charge in [-0.2, -0.15) is 9.78 Å². The van der Waals surface area contributed by atoms with Gasteiger partial charge in [-0.05, 0) is 81.5 Å². The number of carbonyl (C=O) groups excluding carboxylic acids is 1. The predicted molar refractivity (Wildman–Crippen MR) is 239 cm³/mol. The van der Waals surface area contributed by atoms with Crippen LogP contribution in [0, 0.1) is 5.92 Å². The van der Waals surface area contributed by atoms with Crippen LogP contribution in [-0.2, 0) is 27.7 Å². The Morgan fingerprint density at radius 3 is 1.98 bits per heavy atom. The number of hydrogen-bond acceptors (Lipinski definition) is 8. The van der Waals surface area contributed by atoms with Gasteiger partial charge < -0.3 is 15.0 Å². The van der Waals surface area contributed by atoms with Crippen LogP contribution in [0.15, 0.2) is 52.4 Å². The third-order valence-electron chi connectivity index (χ3n) is 10.3. The van der Waals surface area contributed by atoms with E-state index >= 15 is 0 Å². The fourth-order valence-corrected chi connectivity index (χ4v) is 7.85. The van der Waals surface area contributed by atoms with Crippen molar-refractivity contribution in [1.29, 1.82) is 0 Å². The summed E-state index contributed by atoms with van der Waals surface area (Å²) >= 11 is 0. The maximum Gasteiger partial charge on any atom is 0.278 e. The summed E-state index contributed by atoms with van der Waals surface area (Å²) in [7, 11) is -3.64. The summed E-state index contributed by atoms with van der Waals surface area (Å²) in [5.74, 6) is 1.48. The van der Waals surface area contributed by atoms with E-state index in [1.807, 2.05) is 44.2 Å². The van der Waals surface area contributed by atoms with E-state index in [-0.39, 0.29) is 11.5 Å². The van der Waals surface area contributed by atoms with Crippen molar-refractivity contribution in [3.05, 3.63) is 53.7 Å². The number of nitrogens with one attached hydrogen (secondary N) is 2. The van der Waals surface area contributed by atoms with Crippen LogP contribution in [0.3, 0.4) is 0 Å². The van der Waals surface area contributed by atoms with Gasteiger partial charge in [0.2, 0.25) is 10.0 Å². The van der Waals surface area contributed by atoms with E-state index in [1.54, 1.807) is 16.8 Å². The molecule has 1 aliphatic rings. The molecule has 0 saturated carbocycles. The van der Waals surface area contributed by atoms with Crippen molar-refractivity contribution in [2.75, 3.05) is 40.9 Å². The van der Waals surface area contributed by atoms with Crippen LogP contribution >= 0.6 is 0 Å². The molecule has 1 aromatic heterocycles. The molecule has 0 bridgehead atoms. The van der Waals surface area contributed by atoms with Crippen LogP contribution in [0.25, 0.3) is 0 Å². The van der Waals surface area contributed by atoms with Gasteiger partial charge in [-0.3, -0.25) is 9.52 Å². The number of carbonyl (C=O) groups is 1. The molecule has 0 fully saturated rings. The zero-order valence-electron chi connectivity index (χ0n) is 35.8. The van der Waals surface area contributed by atoms with Crippen LogP contribution in [0.1, 0.15) is 143 Å². The molecule has 2 aromatic carbocycles. The highest BCUT2D eigenvalue weighted by molar-refractivity contribution is 7.92. The summed E-state index contributed by atoms with van der Waals surface area (Å²) in [6.07, 6.45) is 21.0. The normalized spacial score (nSPS) is 13.3. The first-order chi connectivity index (χ1) is 27.5. The Morgan fingerprint density at radius 2 is 1.44 bits per heavy atom. The Labute approximate surface area is 343 Å². The number of rotatable bonds is 27. The molecule has 1 aliphatic heterocycles. The second kappa shape index (κ2) is 23.3. The lowest BCUT2D eigenvalue weighted by molar-refractivity contribution is -0.110. The molecule has 0 radical (unpaired) electrons. The first kappa shape index (κ1) is 45.5. The van der Waals surface area contributed by atoms with Crippen LogP contribution < -0.4 is 19.7 Å². The molecule has 314 valence electrons. The SMILES string of the molecule is CCCCCCCCCCCCCCCCOc1ccc(NC(=O)C2=Nc3c(CC)c(CC(C)C)nn3C2=Nc2ccc(N(CC)CC)cc2NS(C)(=O)=O)cc1. The quantitative estimate of drug-likeness (QED) is 0.0738. The van der Waals surface area contributed by atoms with Crippen LogP contribution in [0.2, 0.25) is 0 Å². The molecule has 0 saturated heterocycles. The monoisotopic (exact) mass is 804 g/mol. The summed E-state index contributed by atoms with van der Waals surface area (Å²) < 4.78 is 35.3. The highest BCUT2D eigenvalue weighted by atomic mass is 32.2. The van der Waals surface area contributed by atoms with Gasteiger partial charge in [0.1, 0.15) is 5.75 Å². The number of amides is 1. The number of ether oxygens (including phenoxy) is 1. The van der Waals surface area contributed by atoms with Crippen molar-refractivity contribution in [2.45, 2.75) is 144 Å². The van der Waals surface area contributed by atoms with Gasteiger partial charge in [-0.15, -0.1) is 0 Å². The van der Waals surface area contributed by atoms with Gasteiger partial charge in [-0.1, -0.05) is 111 Å². The minimum atomic E-state index is -3.64. The van der Waals surface area contributed by atoms with Gasteiger partial charge >= 0.3 is 0 Å². The average Bonchev–Trinajstić information content (AvgIpc) is 3.69. The van der Waals surface area contributed by atoms with Gasteiger partial charge in [0, 0.05) is 30.0 Å². The van der Waals surface area contributed by atoms with Gasteiger partial charge in [-0.25, -0.2) is 18.4 Å². The van der Waals surface area contributed by atoms with E-state index < -0.39 is 15.9 Å². The molecule has 2 N–H and O–H groups in total. The highest BCUT2D eigenvalue weighted by Gasteiger charge is 2.33. The maximum atomic E-state index is 14.0. The molecule has 11 nitrogen and oxygen atoms in total. The van der Waals surface area contributed by atoms with Crippen LogP contribution in [0.4, 0.5) is 28.6 Å². The van der Waals surface area contributed by atoms with Crippen molar-refractivity contribution in [3.63, 3.8) is 0 Å². The minimum Gasteiger partial charge on any atom is -0.494 e. The van der Waals surface area contributed by atoms with Gasteiger partial charge in [0.05, 0.1) is 29.9 Å². The number of benzene rings is 2. The van der Waals surface area contributed by atoms with Crippen molar-refractivity contribution in [2.24, 2.45) is 15.9 Å². The summed E-state index contributed by atoms with van der Waals surface area (Å²) in [6.45, 7) is 14.9. The molecule has 3 aromatic rings. The third kappa shape index (κ3) is 14.3. The lowest BCUT2D eigenvalue weighted by atomic mass is 10.0. The van der Waals surface area contributed by atoms with Crippen LogP contribution in [-0.4, -0.2) is 61.6 Å². The van der Waals surface area contributed by atoms with Gasteiger partial charge in [0.25, 0.3) is 5.91 Å². The summed E-state index contributed by atoms with van der Waals surface area (Å²) in [4.78, 5) is 25.8. The summed E-state index contributed by atoms with van der Waals surface area (Å²) in [5.41, 5.74) is 4.07. The molecule has 4 rings (SSSR count). The number of aromatic nitrogens is 2. The number of hydrogen-bond donors (Lipinski definition) is 2. The second-order valence-electron chi connectivity index (χ2n) is 15.7. The lowest BCUT2D eigenvalue weighted by Crippen LogP contribution is -2.31. The highest BCUT2D eigenvalue weighted by Crippen LogP contribution is 2.35. The molecular weight excluding hydrogens is 735 g/mol. The van der Waals surface area contributed by atoms with E-state index in [0.29, 0.717) is 41.8 Å². The second-order valence-corrected chi connectivity index (χ2v) is 17.4. The minimum absolute atomic E-state index is 0.0968. The fourth-order valence-electron chi connectivity index (χ4n) is 7.28. The number of anilines is 3. The van der Waals surface area contributed by atoms with E-state index in [0.717, 1.165) is 54.9 Å². The molecular formula is C45H69N7O4S. The summed E-state index contributed by atoms with van der Waals surface area (Å²) in [5, 5.41) is 7.90. The first-order valence-electron chi connectivity index (χ1n) is 21.7. The predicted octanol–water partition coefficient (Wildman–Crippen LogP) is 11.0. The van der Waals surface area contributed by atoms with Crippen molar-refractivity contribution >= 4 is 56.0 Å². The average molecular weight is 804 g/mol. The molecule has 2 heterocycles. The van der Waals surface area contributed by atoms with E-state index in [9.17, 15) is 13.2 Å². The van der Waals surface area contributed by atoms with Crippen molar-refractivity contribution in [3.8, 4) is 5.75 Å². The Kier molecular flexibility index (Phi) is 18.6. The Balaban J connectivity index is 1.40. The van der Waals surface area contributed by atoms with Gasteiger partial charge in [0.15, 0.2) is 17.4 Å². The Hall–Kier alpha value is -4.19. The van der Waals surface area contributed by atoms with E-state index in [4.69, 9.17) is 19.8 Å². The zero-order chi connectivity index (χ0) is 41.2. The van der Waals surface area contributed by atoms with Crippen molar-refractivity contribution < 1.29 is 17.9 Å². The Morgan fingerprint density at radius 1 is 0.842 bits per heavy atom. The smallest absolute Gasteiger partial charge is 0.278 e. The van der Waals surface area contributed by atoms with E-state index in [1.165, 1.54) is 83.5 Å².